The van der Waals surface area contributed by atoms with Crippen LogP contribution in [0.2, 0.25) is 0 Å². The van der Waals surface area contributed by atoms with Crippen LogP contribution in [0.4, 0.5) is 4.39 Å². The zero-order valence-electron chi connectivity index (χ0n) is 15.6. The Bertz CT molecular complexity index is 1050. The van der Waals surface area contributed by atoms with Gasteiger partial charge in [-0.15, -0.1) is 0 Å². The molecule has 3 aromatic rings. The molecule has 0 bridgehead atoms. The fourth-order valence-electron chi connectivity index (χ4n) is 3.46. The van der Waals surface area contributed by atoms with Gasteiger partial charge in [-0.25, -0.2) is 13.9 Å². The largest absolute Gasteiger partial charge is 0.461 e. The summed E-state index contributed by atoms with van der Waals surface area (Å²) in [4.78, 5) is 17.5. The minimum atomic E-state index is -0.490. The molecule has 4 rings (SSSR count). The summed E-state index contributed by atoms with van der Waals surface area (Å²) in [5, 5.41) is 9.69. The van der Waals surface area contributed by atoms with Crippen LogP contribution in [0, 0.1) is 5.82 Å². The Hall–Kier alpha value is -2.88. The lowest BCUT2D eigenvalue weighted by atomic mass is 9.88. The smallest absolute Gasteiger partial charge is 0.359 e. The number of aromatic nitrogens is 2. The number of fused-ring (bicyclic) bond motifs is 3. The van der Waals surface area contributed by atoms with Gasteiger partial charge in [0.05, 0.1) is 18.0 Å². The molecule has 0 spiro atoms. The van der Waals surface area contributed by atoms with E-state index < -0.39 is 5.97 Å². The molecular formula is C20H18FN3O4S. The van der Waals surface area contributed by atoms with E-state index >= 15 is 0 Å². The maximum absolute atomic E-state index is 14.0. The van der Waals surface area contributed by atoms with Gasteiger partial charge in [0.15, 0.2) is 11.4 Å². The third-order valence-corrected chi connectivity index (χ3v) is 4.82. The van der Waals surface area contributed by atoms with Crippen molar-refractivity contribution in [3.05, 3.63) is 65.1 Å². The van der Waals surface area contributed by atoms with Crippen LogP contribution in [0.3, 0.4) is 0 Å². The molecule has 0 amide bonds. The second kappa shape index (κ2) is 8.24. The standard InChI is InChI=1S/C20H18FN3O4S/c1-2-26-20(25)18-16-10-4-12-3-5-13(21)11-17(12)19(16)24(23-18)14-6-8-15(9-7-14)27-28-29-22/h3,5-9,11H,2,4,10,22H2,1H3. The van der Waals surface area contributed by atoms with Crippen molar-refractivity contribution in [2.45, 2.75) is 19.8 Å². The highest BCUT2D eigenvalue weighted by Gasteiger charge is 2.29. The van der Waals surface area contributed by atoms with Crippen LogP contribution in [0.25, 0.3) is 16.9 Å². The Morgan fingerprint density at radius 3 is 2.76 bits per heavy atom. The van der Waals surface area contributed by atoms with Crippen LogP contribution in [-0.4, -0.2) is 22.4 Å². The van der Waals surface area contributed by atoms with Crippen molar-refractivity contribution < 1.29 is 23.1 Å². The number of carbonyl (C=O) groups is 1. The molecule has 0 unspecified atom stereocenters. The topological polar surface area (TPSA) is 88.6 Å². The lowest BCUT2D eigenvalue weighted by Crippen LogP contribution is -2.11. The summed E-state index contributed by atoms with van der Waals surface area (Å²) in [6.07, 6.45) is 1.31. The number of hydrogen-bond acceptors (Lipinski definition) is 7. The van der Waals surface area contributed by atoms with Crippen LogP contribution < -0.4 is 10.0 Å². The second-order valence-corrected chi connectivity index (χ2v) is 6.68. The van der Waals surface area contributed by atoms with Gasteiger partial charge in [0.25, 0.3) is 0 Å². The molecule has 0 atom stereocenters. The first-order valence-electron chi connectivity index (χ1n) is 9.00. The number of ether oxygens (including phenoxy) is 1. The Morgan fingerprint density at radius 1 is 1.24 bits per heavy atom. The van der Waals surface area contributed by atoms with Crippen molar-refractivity contribution in [2.75, 3.05) is 6.61 Å². The number of nitrogens with zero attached hydrogens (tertiary/aromatic N) is 2. The minimum absolute atomic E-state index is 0.247. The molecule has 1 aliphatic carbocycles. The van der Waals surface area contributed by atoms with Gasteiger partial charge < -0.3 is 9.62 Å². The summed E-state index contributed by atoms with van der Waals surface area (Å²) in [7, 11) is 0. The Morgan fingerprint density at radius 2 is 2.03 bits per heavy atom. The van der Waals surface area contributed by atoms with Crippen molar-refractivity contribution in [3.8, 4) is 22.7 Å². The van der Waals surface area contributed by atoms with Crippen LogP contribution in [0.15, 0.2) is 42.5 Å². The van der Waals surface area contributed by atoms with Crippen molar-refractivity contribution in [3.63, 3.8) is 0 Å². The van der Waals surface area contributed by atoms with E-state index in [-0.39, 0.29) is 18.1 Å². The molecule has 29 heavy (non-hydrogen) atoms. The van der Waals surface area contributed by atoms with E-state index in [0.29, 0.717) is 42.2 Å². The Labute approximate surface area is 170 Å². The lowest BCUT2D eigenvalue weighted by molar-refractivity contribution is -0.0777. The Balaban J connectivity index is 1.85. The number of carbonyl (C=O) groups excluding carboxylic acids is 1. The van der Waals surface area contributed by atoms with Gasteiger partial charge >= 0.3 is 5.97 Å². The summed E-state index contributed by atoms with van der Waals surface area (Å²) in [6.45, 7) is 1.99. The van der Waals surface area contributed by atoms with Gasteiger partial charge in [-0.3, -0.25) is 5.14 Å². The van der Waals surface area contributed by atoms with Gasteiger partial charge in [0.2, 0.25) is 0 Å². The van der Waals surface area contributed by atoms with Crippen molar-refractivity contribution in [2.24, 2.45) is 5.14 Å². The molecule has 0 radical (unpaired) electrons. The first kappa shape index (κ1) is 19.4. The molecule has 150 valence electrons. The predicted octanol–water partition coefficient (Wildman–Crippen LogP) is 3.79. The molecule has 0 saturated carbocycles. The van der Waals surface area contributed by atoms with Crippen molar-refractivity contribution >= 4 is 18.2 Å². The molecule has 1 aromatic heterocycles. The summed E-state index contributed by atoms with van der Waals surface area (Å²) < 4.78 is 25.5. The number of esters is 1. The number of rotatable bonds is 6. The molecule has 1 heterocycles. The SMILES string of the molecule is CCOC(=O)c1nn(-c2ccc(OOSN)cc2)c2c1CCc1ccc(F)cc1-2. The average Bonchev–Trinajstić information content (AvgIpc) is 3.13. The highest BCUT2D eigenvalue weighted by Crippen LogP contribution is 2.37. The van der Waals surface area contributed by atoms with E-state index in [0.717, 1.165) is 16.7 Å². The lowest BCUT2D eigenvalue weighted by Gasteiger charge is -2.19. The number of benzene rings is 2. The maximum atomic E-state index is 14.0. The molecule has 2 N–H and O–H groups in total. The molecule has 1 aliphatic rings. The fourth-order valence-corrected chi connectivity index (χ4v) is 3.58. The van der Waals surface area contributed by atoms with E-state index in [9.17, 15) is 9.18 Å². The fraction of sp³-hybridized carbons (Fsp3) is 0.200. The zero-order chi connectivity index (χ0) is 20.4. The van der Waals surface area contributed by atoms with Crippen molar-refractivity contribution in [1.82, 2.24) is 9.78 Å². The molecule has 0 fully saturated rings. The van der Waals surface area contributed by atoms with Gasteiger partial charge in [0, 0.05) is 11.1 Å². The van der Waals surface area contributed by atoms with Gasteiger partial charge in [-0.2, -0.15) is 5.10 Å². The summed E-state index contributed by atoms with van der Waals surface area (Å²) in [6, 6.07) is 11.6. The third kappa shape index (κ3) is 3.71. The predicted molar refractivity (Wildman–Crippen MR) is 106 cm³/mol. The quantitative estimate of drug-likeness (QED) is 0.215. The van der Waals surface area contributed by atoms with Gasteiger partial charge in [0.1, 0.15) is 18.0 Å². The van der Waals surface area contributed by atoms with Gasteiger partial charge in [-0.05, 0) is 61.7 Å². The number of nitrogens with two attached hydrogens (primary N) is 1. The molecule has 0 aliphatic heterocycles. The highest BCUT2D eigenvalue weighted by atomic mass is 32.2. The monoisotopic (exact) mass is 415 g/mol. The number of halogens is 1. The second-order valence-electron chi connectivity index (χ2n) is 6.35. The highest BCUT2D eigenvalue weighted by molar-refractivity contribution is 7.92. The van der Waals surface area contributed by atoms with E-state index in [1.165, 1.54) is 12.1 Å². The number of hydrogen-bond donors (Lipinski definition) is 1. The van der Waals surface area contributed by atoms with Gasteiger partial charge in [-0.1, -0.05) is 10.4 Å². The average molecular weight is 415 g/mol. The van der Waals surface area contributed by atoms with E-state index in [1.807, 2.05) is 0 Å². The van der Waals surface area contributed by atoms with Crippen LogP contribution in [0.5, 0.6) is 5.75 Å². The molecule has 2 aromatic carbocycles. The van der Waals surface area contributed by atoms with Crippen LogP contribution in [-0.2, 0) is 21.9 Å². The first-order valence-corrected chi connectivity index (χ1v) is 9.81. The number of aryl methyl sites for hydroxylation is 1. The van der Waals surface area contributed by atoms with Crippen LogP contribution in [0.1, 0.15) is 28.5 Å². The molecule has 7 nitrogen and oxygen atoms in total. The summed E-state index contributed by atoms with van der Waals surface area (Å²) >= 11 is 0.594. The van der Waals surface area contributed by atoms with E-state index in [4.69, 9.17) is 14.8 Å². The minimum Gasteiger partial charge on any atom is -0.461 e. The van der Waals surface area contributed by atoms with E-state index in [2.05, 4.69) is 9.43 Å². The Kier molecular flexibility index (Phi) is 5.52. The molecular weight excluding hydrogens is 397 g/mol. The maximum Gasteiger partial charge on any atom is 0.359 e. The zero-order valence-corrected chi connectivity index (χ0v) is 16.4. The normalized spacial score (nSPS) is 12.2. The molecule has 0 saturated heterocycles. The molecule has 9 heteroatoms. The summed E-state index contributed by atoms with van der Waals surface area (Å²) in [5.41, 5.74) is 4.10. The van der Waals surface area contributed by atoms with E-state index in [1.54, 1.807) is 41.9 Å². The van der Waals surface area contributed by atoms with Crippen molar-refractivity contribution in [1.29, 1.82) is 0 Å². The third-order valence-electron chi connectivity index (χ3n) is 4.67. The summed E-state index contributed by atoms with van der Waals surface area (Å²) in [5.74, 6) is -0.386. The van der Waals surface area contributed by atoms with Crippen LogP contribution >= 0.6 is 12.2 Å². The first-order chi connectivity index (χ1) is 14.1.